The molecule has 5 heteroatoms. The molecule has 1 N–H and O–H groups in total. The molecule has 0 bridgehead atoms. The summed E-state index contributed by atoms with van der Waals surface area (Å²) in [6.45, 7) is 3.04. The van der Waals surface area contributed by atoms with Crippen molar-refractivity contribution in [3.05, 3.63) is 40.3 Å². The van der Waals surface area contributed by atoms with Gasteiger partial charge in [-0.1, -0.05) is 13.0 Å². The molecule has 18 heavy (non-hydrogen) atoms. The predicted octanol–water partition coefficient (Wildman–Crippen LogP) is 3.07. The molecule has 0 fully saturated rings. The molecule has 0 saturated heterocycles. The highest BCUT2D eigenvalue weighted by Gasteiger charge is 2.18. The zero-order valence-electron chi connectivity index (χ0n) is 10.0. The standard InChI is InChI=1S/C13H13N3OS/c1-2-6-16-7-5-9-11(14-15-13(9)16)12(17)10-4-3-8-18-10/h3-5,7-8H,2,6H2,1H3,(H,14,15). The van der Waals surface area contributed by atoms with Crippen LogP contribution in [0.25, 0.3) is 11.0 Å². The first kappa shape index (κ1) is 11.2. The van der Waals surface area contributed by atoms with Gasteiger partial charge in [-0.2, -0.15) is 5.10 Å². The molecule has 0 aliphatic heterocycles. The van der Waals surface area contributed by atoms with Crippen LogP contribution < -0.4 is 0 Å². The number of ketones is 1. The van der Waals surface area contributed by atoms with E-state index in [1.54, 1.807) is 0 Å². The Hall–Kier alpha value is -1.88. The highest BCUT2D eigenvalue weighted by Crippen LogP contribution is 2.22. The summed E-state index contributed by atoms with van der Waals surface area (Å²) < 4.78 is 2.07. The Morgan fingerprint density at radius 2 is 2.39 bits per heavy atom. The van der Waals surface area contributed by atoms with E-state index in [1.807, 2.05) is 29.8 Å². The third-order valence-corrected chi connectivity index (χ3v) is 3.78. The minimum atomic E-state index is 0.0155. The smallest absolute Gasteiger partial charge is 0.221 e. The van der Waals surface area contributed by atoms with Crippen molar-refractivity contribution in [2.75, 3.05) is 0 Å². The molecule has 0 radical (unpaired) electrons. The molecular formula is C13H13N3OS. The van der Waals surface area contributed by atoms with Crippen molar-refractivity contribution in [1.29, 1.82) is 0 Å². The van der Waals surface area contributed by atoms with Gasteiger partial charge < -0.3 is 4.57 Å². The normalized spacial score (nSPS) is 11.2. The highest BCUT2D eigenvalue weighted by molar-refractivity contribution is 7.12. The van der Waals surface area contributed by atoms with Crippen molar-refractivity contribution in [2.24, 2.45) is 0 Å². The maximum Gasteiger partial charge on any atom is 0.221 e. The van der Waals surface area contributed by atoms with Crippen molar-refractivity contribution >= 4 is 28.2 Å². The lowest BCUT2D eigenvalue weighted by molar-refractivity contribution is 0.103. The van der Waals surface area contributed by atoms with Gasteiger partial charge in [-0.25, -0.2) is 0 Å². The molecular weight excluding hydrogens is 246 g/mol. The van der Waals surface area contributed by atoms with Crippen LogP contribution in [0, 0.1) is 0 Å². The number of carbonyl (C=O) groups is 1. The zero-order chi connectivity index (χ0) is 12.5. The molecule has 0 amide bonds. The zero-order valence-corrected chi connectivity index (χ0v) is 10.8. The first-order chi connectivity index (χ1) is 8.81. The van der Waals surface area contributed by atoms with E-state index in [2.05, 4.69) is 21.7 Å². The topological polar surface area (TPSA) is 50.7 Å². The molecule has 0 unspecified atom stereocenters. The highest BCUT2D eigenvalue weighted by atomic mass is 32.1. The fraction of sp³-hybridized carbons (Fsp3) is 0.231. The molecule has 0 aliphatic rings. The second kappa shape index (κ2) is 4.42. The number of aryl methyl sites for hydroxylation is 1. The van der Waals surface area contributed by atoms with Crippen LogP contribution >= 0.6 is 11.3 Å². The molecule has 92 valence electrons. The molecule has 4 nitrogen and oxygen atoms in total. The van der Waals surface area contributed by atoms with Gasteiger partial charge in [0.25, 0.3) is 0 Å². The van der Waals surface area contributed by atoms with E-state index in [9.17, 15) is 4.79 Å². The summed E-state index contributed by atoms with van der Waals surface area (Å²) in [6.07, 6.45) is 3.03. The first-order valence-electron chi connectivity index (χ1n) is 5.92. The number of aromatic nitrogens is 3. The first-order valence-corrected chi connectivity index (χ1v) is 6.80. The number of fused-ring (bicyclic) bond motifs is 1. The maximum absolute atomic E-state index is 12.3. The van der Waals surface area contributed by atoms with Gasteiger partial charge in [0.1, 0.15) is 5.69 Å². The van der Waals surface area contributed by atoms with E-state index in [4.69, 9.17) is 0 Å². The van der Waals surface area contributed by atoms with Crippen LogP contribution in [0.2, 0.25) is 0 Å². The number of thiophene rings is 1. The minimum Gasteiger partial charge on any atom is -0.331 e. The number of nitrogens with zero attached hydrogens (tertiary/aromatic N) is 2. The van der Waals surface area contributed by atoms with Crippen molar-refractivity contribution in [3.8, 4) is 0 Å². The van der Waals surface area contributed by atoms with Crippen LogP contribution in [0.1, 0.15) is 28.7 Å². The monoisotopic (exact) mass is 259 g/mol. The fourth-order valence-electron chi connectivity index (χ4n) is 2.08. The van der Waals surface area contributed by atoms with Gasteiger partial charge in [-0.3, -0.25) is 9.89 Å². The molecule has 3 aromatic rings. The van der Waals surface area contributed by atoms with Crippen LogP contribution in [0.5, 0.6) is 0 Å². The van der Waals surface area contributed by atoms with Crippen molar-refractivity contribution in [1.82, 2.24) is 14.8 Å². The Kier molecular flexibility index (Phi) is 2.76. The van der Waals surface area contributed by atoms with Gasteiger partial charge in [0, 0.05) is 18.1 Å². The Morgan fingerprint density at radius 3 is 3.11 bits per heavy atom. The van der Waals surface area contributed by atoms with Gasteiger partial charge in [-0.05, 0) is 23.9 Å². The lowest BCUT2D eigenvalue weighted by Crippen LogP contribution is -1.99. The molecule has 3 rings (SSSR count). The van der Waals surface area contributed by atoms with Gasteiger partial charge in [-0.15, -0.1) is 11.3 Å². The lowest BCUT2D eigenvalue weighted by Gasteiger charge is -1.97. The summed E-state index contributed by atoms with van der Waals surface area (Å²) in [5.41, 5.74) is 1.44. The summed E-state index contributed by atoms with van der Waals surface area (Å²) in [4.78, 5) is 13.0. The Bertz CT molecular complexity index is 678. The summed E-state index contributed by atoms with van der Waals surface area (Å²) in [7, 11) is 0. The van der Waals surface area contributed by atoms with Crippen LogP contribution in [0.15, 0.2) is 29.8 Å². The Labute approximate surface area is 108 Å². The van der Waals surface area contributed by atoms with Gasteiger partial charge in [0.15, 0.2) is 5.65 Å². The van der Waals surface area contributed by atoms with Crippen molar-refractivity contribution < 1.29 is 4.79 Å². The predicted molar refractivity (Wildman–Crippen MR) is 72.1 cm³/mol. The van der Waals surface area contributed by atoms with Crippen molar-refractivity contribution in [2.45, 2.75) is 19.9 Å². The van der Waals surface area contributed by atoms with E-state index in [1.165, 1.54) is 11.3 Å². The van der Waals surface area contributed by atoms with E-state index in [0.717, 1.165) is 28.9 Å². The van der Waals surface area contributed by atoms with Crippen LogP contribution in [-0.4, -0.2) is 20.5 Å². The van der Waals surface area contributed by atoms with Gasteiger partial charge in [0.2, 0.25) is 5.78 Å². The Morgan fingerprint density at radius 1 is 1.50 bits per heavy atom. The average Bonchev–Trinajstić information content (AvgIpc) is 3.06. The average molecular weight is 259 g/mol. The molecule has 0 spiro atoms. The second-order valence-electron chi connectivity index (χ2n) is 4.15. The Balaban J connectivity index is 2.06. The molecule has 0 aliphatic carbocycles. The number of hydrogen-bond donors (Lipinski definition) is 1. The van der Waals surface area contributed by atoms with Gasteiger partial charge >= 0.3 is 0 Å². The third kappa shape index (κ3) is 1.67. The quantitative estimate of drug-likeness (QED) is 0.732. The number of rotatable bonds is 4. The third-order valence-electron chi connectivity index (χ3n) is 2.91. The summed E-state index contributed by atoms with van der Waals surface area (Å²) in [5, 5.41) is 9.93. The second-order valence-corrected chi connectivity index (χ2v) is 5.10. The summed E-state index contributed by atoms with van der Waals surface area (Å²) >= 11 is 1.45. The summed E-state index contributed by atoms with van der Waals surface area (Å²) in [5.74, 6) is 0.0155. The molecule has 0 atom stereocenters. The fourth-order valence-corrected chi connectivity index (χ4v) is 2.75. The van der Waals surface area contributed by atoms with Crippen LogP contribution in [0.3, 0.4) is 0 Å². The molecule has 0 aromatic carbocycles. The van der Waals surface area contributed by atoms with E-state index in [0.29, 0.717) is 5.69 Å². The number of aromatic amines is 1. The van der Waals surface area contributed by atoms with Crippen LogP contribution in [-0.2, 0) is 6.54 Å². The number of hydrogen-bond acceptors (Lipinski definition) is 3. The minimum absolute atomic E-state index is 0.0155. The molecule has 3 aromatic heterocycles. The summed E-state index contributed by atoms with van der Waals surface area (Å²) in [6, 6.07) is 5.67. The van der Waals surface area contributed by atoms with Gasteiger partial charge in [0.05, 0.1) is 4.88 Å². The van der Waals surface area contributed by atoms with E-state index in [-0.39, 0.29) is 5.78 Å². The largest absolute Gasteiger partial charge is 0.331 e. The SMILES string of the molecule is CCCn1ccc2c(C(=O)c3cccs3)[nH]nc21. The lowest BCUT2D eigenvalue weighted by atomic mass is 10.2. The number of H-pyrrole nitrogens is 1. The number of carbonyl (C=O) groups excluding carboxylic acids is 1. The maximum atomic E-state index is 12.3. The van der Waals surface area contributed by atoms with E-state index >= 15 is 0 Å². The molecule has 0 saturated carbocycles. The van der Waals surface area contributed by atoms with Crippen molar-refractivity contribution in [3.63, 3.8) is 0 Å². The number of nitrogens with one attached hydrogen (secondary N) is 1. The van der Waals surface area contributed by atoms with Crippen LogP contribution in [0.4, 0.5) is 0 Å². The molecule has 3 heterocycles. The van der Waals surface area contributed by atoms with E-state index < -0.39 is 0 Å².